The summed E-state index contributed by atoms with van der Waals surface area (Å²) in [5.74, 6) is 0.261. The molecule has 1 heterocycles. The third-order valence-electron chi connectivity index (χ3n) is 3.66. The molecule has 0 radical (unpaired) electrons. The van der Waals surface area contributed by atoms with Crippen LogP contribution in [0.3, 0.4) is 0 Å². The maximum Gasteiger partial charge on any atom is 0.335 e. The van der Waals surface area contributed by atoms with Gasteiger partial charge >= 0.3 is 5.97 Å². The van der Waals surface area contributed by atoms with Crippen LogP contribution in [0, 0.1) is 5.92 Å². The summed E-state index contributed by atoms with van der Waals surface area (Å²) in [6.07, 6.45) is 2.20. The van der Waals surface area contributed by atoms with Gasteiger partial charge in [0.25, 0.3) is 0 Å². The predicted octanol–water partition coefficient (Wildman–Crippen LogP) is 2.91. The molecule has 0 spiro atoms. The maximum atomic E-state index is 10.8. The third-order valence-corrected chi connectivity index (χ3v) is 3.66. The van der Waals surface area contributed by atoms with Crippen LogP contribution in [0.1, 0.15) is 41.6 Å². The highest BCUT2D eigenvalue weighted by molar-refractivity contribution is 5.87. The topological polar surface area (TPSA) is 46.5 Å². The van der Waals surface area contributed by atoms with E-state index in [1.165, 1.54) is 5.56 Å². The fourth-order valence-corrected chi connectivity index (χ4v) is 2.42. The fourth-order valence-electron chi connectivity index (χ4n) is 2.42. The number of hydrogen-bond donors (Lipinski definition) is 1. The molecule has 0 saturated carbocycles. The minimum absolute atomic E-state index is 0.355. The molecule has 1 aliphatic heterocycles. The van der Waals surface area contributed by atoms with Gasteiger partial charge in [-0.2, -0.15) is 0 Å². The van der Waals surface area contributed by atoms with Crippen LogP contribution in [0.25, 0.3) is 0 Å². The number of benzene rings is 1. The summed E-state index contributed by atoms with van der Waals surface area (Å²) in [6.45, 7) is 3.91. The molecular formula is C14H18O3. The van der Waals surface area contributed by atoms with Crippen molar-refractivity contribution in [3.05, 3.63) is 35.4 Å². The van der Waals surface area contributed by atoms with Crippen molar-refractivity contribution in [3.63, 3.8) is 0 Å². The molecule has 1 aromatic rings. The Labute approximate surface area is 101 Å². The van der Waals surface area contributed by atoms with Gasteiger partial charge in [-0.1, -0.05) is 19.1 Å². The average molecular weight is 234 g/mol. The van der Waals surface area contributed by atoms with Crippen molar-refractivity contribution >= 4 is 5.97 Å². The summed E-state index contributed by atoms with van der Waals surface area (Å²) >= 11 is 0. The molecule has 1 aromatic carbocycles. The number of carboxylic acid groups (broad SMARTS) is 1. The molecule has 3 nitrogen and oxygen atoms in total. The Bertz CT molecular complexity index is 377. The fraction of sp³-hybridized carbons (Fsp3) is 0.500. The van der Waals surface area contributed by atoms with Crippen LogP contribution in [-0.2, 0) is 4.74 Å². The summed E-state index contributed by atoms with van der Waals surface area (Å²) < 4.78 is 5.36. The van der Waals surface area contributed by atoms with Crippen LogP contribution in [0.5, 0.6) is 0 Å². The molecule has 1 unspecified atom stereocenters. The molecule has 0 aromatic heterocycles. The first-order valence-corrected chi connectivity index (χ1v) is 6.09. The van der Waals surface area contributed by atoms with Gasteiger partial charge in [-0.25, -0.2) is 4.79 Å². The van der Waals surface area contributed by atoms with Crippen molar-refractivity contribution in [2.45, 2.75) is 25.7 Å². The van der Waals surface area contributed by atoms with E-state index in [1.807, 2.05) is 12.1 Å². The van der Waals surface area contributed by atoms with Gasteiger partial charge in [-0.05, 0) is 42.4 Å². The van der Waals surface area contributed by atoms with E-state index in [9.17, 15) is 4.79 Å². The summed E-state index contributed by atoms with van der Waals surface area (Å²) in [5.41, 5.74) is 1.58. The summed E-state index contributed by atoms with van der Waals surface area (Å²) in [7, 11) is 0. The number of ether oxygens (including phenoxy) is 1. The predicted molar refractivity (Wildman–Crippen MR) is 65.4 cm³/mol. The van der Waals surface area contributed by atoms with Crippen molar-refractivity contribution in [1.29, 1.82) is 0 Å². The second-order valence-corrected chi connectivity index (χ2v) is 4.67. The molecule has 0 bridgehead atoms. The Morgan fingerprint density at radius 3 is 2.41 bits per heavy atom. The summed E-state index contributed by atoms with van der Waals surface area (Å²) in [4.78, 5) is 10.8. The first kappa shape index (κ1) is 12.1. The Morgan fingerprint density at radius 2 is 1.88 bits per heavy atom. The number of hydrogen-bond acceptors (Lipinski definition) is 2. The van der Waals surface area contributed by atoms with E-state index in [0.717, 1.165) is 26.1 Å². The molecule has 3 heteroatoms. The van der Waals surface area contributed by atoms with Gasteiger partial charge in [0.1, 0.15) is 0 Å². The largest absolute Gasteiger partial charge is 0.478 e. The first-order chi connectivity index (χ1) is 8.18. The van der Waals surface area contributed by atoms with Gasteiger partial charge in [0.2, 0.25) is 0 Å². The van der Waals surface area contributed by atoms with Crippen LogP contribution in [0.2, 0.25) is 0 Å². The lowest BCUT2D eigenvalue weighted by molar-refractivity contribution is 0.0596. The van der Waals surface area contributed by atoms with E-state index in [2.05, 4.69) is 6.92 Å². The summed E-state index contributed by atoms with van der Waals surface area (Å²) in [6, 6.07) is 7.24. The molecule has 17 heavy (non-hydrogen) atoms. The number of carbonyl (C=O) groups is 1. The molecule has 2 rings (SSSR count). The van der Waals surface area contributed by atoms with E-state index in [4.69, 9.17) is 9.84 Å². The Kier molecular flexibility index (Phi) is 3.79. The molecule has 92 valence electrons. The monoisotopic (exact) mass is 234 g/mol. The lowest BCUT2D eigenvalue weighted by atomic mass is 9.82. The number of rotatable bonds is 3. The highest BCUT2D eigenvalue weighted by atomic mass is 16.5. The molecule has 1 fully saturated rings. The van der Waals surface area contributed by atoms with Gasteiger partial charge in [0.05, 0.1) is 5.56 Å². The highest BCUT2D eigenvalue weighted by Crippen LogP contribution is 2.31. The maximum absolute atomic E-state index is 10.8. The molecule has 1 atom stereocenters. The normalized spacial score (nSPS) is 18.9. The zero-order valence-electron chi connectivity index (χ0n) is 10.1. The lowest BCUT2D eigenvalue weighted by Gasteiger charge is -2.28. The highest BCUT2D eigenvalue weighted by Gasteiger charge is 2.21. The molecule has 0 amide bonds. The molecule has 1 N–H and O–H groups in total. The van der Waals surface area contributed by atoms with E-state index in [0.29, 0.717) is 17.4 Å². The van der Waals surface area contributed by atoms with Crippen LogP contribution in [0.4, 0.5) is 0 Å². The molecule has 1 saturated heterocycles. The van der Waals surface area contributed by atoms with Crippen molar-refractivity contribution < 1.29 is 14.6 Å². The Balaban J connectivity index is 2.07. The first-order valence-electron chi connectivity index (χ1n) is 6.09. The summed E-state index contributed by atoms with van der Waals surface area (Å²) in [5, 5.41) is 8.85. The van der Waals surface area contributed by atoms with E-state index in [1.54, 1.807) is 12.1 Å². The van der Waals surface area contributed by atoms with E-state index in [-0.39, 0.29) is 0 Å². The van der Waals surface area contributed by atoms with Crippen molar-refractivity contribution in [1.82, 2.24) is 0 Å². The Morgan fingerprint density at radius 1 is 1.29 bits per heavy atom. The SMILES string of the molecule is CC(c1ccc(C(=O)O)cc1)C1CCOCC1. The van der Waals surface area contributed by atoms with Gasteiger partial charge in [-0.15, -0.1) is 0 Å². The minimum atomic E-state index is -0.865. The van der Waals surface area contributed by atoms with Gasteiger partial charge in [-0.3, -0.25) is 0 Å². The van der Waals surface area contributed by atoms with Gasteiger partial charge < -0.3 is 9.84 Å². The van der Waals surface area contributed by atoms with Crippen LogP contribution in [0.15, 0.2) is 24.3 Å². The van der Waals surface area contributed by atoms with Gasteiger partial charge in [0.15, 0.2) is 0 Å². The smallest absolute Gasteiger partial charge is 0.335 e. The average Bonchev–Trinajstić information content (AvgIpc) is 2.39. The standard InChI is InChI=1S/C14H18O3/c1-10(12-6-8-17-9-7-12)11-2-4-13(5-3-11)14(15)16/h2-5,10,12H,6-9H2,1H3,(H,15,16). The zero-order valence-corrected chi connectivity index (χ0v) is 10.1. The Hall–Kier alpha value is -1.35. The third kappa shape index (κ3) is 2.86. The molecule has 1 aliphatic rings. The van der Waals surface area contributed by atoms with Crippen molar-refractivity contribution in [2.24, 2.45) is 5.92 Å². The quantitative estimate of drug-likeness (QED) is 0.874. The van der Waals surface area contributed by atoms with Crippen LogP contribution in [-0.4, -0.2) is 24.3 Å². The number of aromatic carboxylic acids is 1. The van der Waals surface area contributed by atoms with Crippen molar-refractivity contribution in [3.8, 4) is 0 Å². The second kappa shape index (κ2) is 5.32. The zero-order chi connectivity index (χ0) is 12.3. The van der Waals surface area contributed by atoms with Crippen LogP contribution < -0.4 is 0 Å². The lowest BCUT2D eigenvalue weighted by Crippen LogP contribution is -2.20. The van der Waals surface area contributed by atoms with E-state index >= 15 is 0 Å². The molecule has 0 aliphatic carbocycles. The van der Waals surface area contributed by atoms with Crippen molar-refractivity contribution in [2.75, 3.05) is 13.2 Å². The van der Waals surface area contributed by atoms with E-state index < -0.39 is 5.97 Å². The second-order valence-electron chi connectivity index (χ2n) is 4.67. The molecular weight excluding hydrogens is 216 g/mol. The number of carboxylic acids is 1. The minimum Gasteiger partial charge on any atom is -0.478 e. The van der Waals surface area contributed by atoms with Crippen LogP contribution >= 0.6 is 0 Å². The van der Waals surface area contributed by atoms with Gasteiger partial charge in [0, 0.05) is 13.2 Å².